The van der Waals surface area contributed by atoms with Gasteiger partial charge in [-0.15, -0.1) is 0 Å². The zero-order valence-electron chi connectivity index (χ0n) is 13.7. The molecule has 0 aromatic carbocycles. The Labute approximate surface area is 152 Å². The molecule has 0 aliphatic heterocycles. The van der Waals surface area contributed by atoms with Gasteiger partial charge in [-0.3, -0.25) is 0 Å². The van der Waals surface area contributed by atoms with Crippen LogP contribution < -0.4 is 0 Å². The molecule has 0 heterocycles. The maximum atomic E-state index is 3.88. The maximum Gasteiger partial charge on any atom is -0.00315 e. The van der Waals surface area contributed by atoms with Gasteiger partial charge in [0.2, 0.25) is 0 Å². The molecule has 2 saturated carbocycles. The van der Waals surface area contributed by atoms with Crippen LogP contribution >= 0.6 is 31.9 Å². The Morgan fingerprint density at radius 3 is 1.27 bits per heavy atom. The summed E-state index contributed by atoms with van der Waals surface area (Å²) < 4.78 is 3.12. The van der Waals surface area contributed by atoms with Crippen molar-refractivity contribution in [3.05, 3.63) is 20.1 Å². The predicted molar refractivity (Wildman–Crippen MR) is 101 cm³/mol. The summed E-state index contributed by atoms with van der Waals surface area (Å²) in [5.41, 5.74) is 4.84. The highest BCUT2D eigenvalue weighted by Crippen LogP contribution is 2.62. The molecule has 0 bridgehead atoms. The van der Waals surface area contributed by atoms with Crippen LogP contribution in [0.5, 0.6) is 0 Å². The molecule has 0 amide bonds. The van der Waals surface area contributed by atoms with E-state index in [1.165, 1.54) is 89.9 Å². The fraction of sp³-hybridized carbons (Fsp3) is 0.800. The van der Waals surface area contributed by atoms with Gasteiger partial charge in [-0.05, 0) is 71.2 Å². The predicted octanol–water partition coefficient (Wildman–Crippen LogP) is 7.77. The highest BCUT2D eigenvalue weighted by atomic mass is 79.9. The van der Waals surface area contributed by atoms with Crippen molar-refractivity contribution in [1.82, 2.24) is 0 Å². The smallest absolute Gasteiger partial charge is 0.00315 e. The first-order valence-corrected chi connectivity index (χ1v) is 11.0. The molecular weight excluding hydrogens is 400 g/mol. The van der Waals surface area contributed by atoms with E-state index in [1.807, 2.05) is 0 Å². The van der Waals surface area contributed by atoms with Gasteiger partial charge in [0.1, 0.15) is 0 Å². The van der Waals surface area contributed by atoms with Crippen LogP contribution in [0.1, 0.15) is 89.9 Å². The average molecular weight is 428 g/mol. The zero-order chi connectivity index (χ0) is 15.2. The van der Waals surface area contributed by atoms with Crippen molar-refractivity contribution in [3.63, 3.8) is 0 Å². The Kier molecular flexibility index (Phi) is 4.39. The van der Waals surface area contributed by atoms with Gasteiger partial charge in [-0.25, -0.2) is 0 Å². The second-order valence-corrected chi connectivity index (χ2v) is 10.2. The fourth-order valence-electron chi connectivity index (χ4n) is 5.85. The lowest BCUT2D eigenvalue weighted by atomic mass is 9.57. The van der Waals surface area contributed by atoms with Crippen LogP contribution in [0.3, 0.4) is 0 Å². The van der Waals surface area contributed by atoms with Gasteiger partial charge in [0.15, 0.2) is 0 Å². The normalized spacial score (nSPS) is 29.7. The summed E-state index contributed by atoms with van der Waals surface area (Å²) >= 11 is 7.76. The van der Waals surface area contributed by atoms with E-state index in [0.717, 1.165) is 0 Å². The third kappa shape index (κ3) is 2.51. The molecule has 22 heavy (non-hydrogen) atoms. The molecule has 4 aliphatic carbocycles. The summed E-state index contributed by atoms with van der Waals surface area (Å²) in [5.74, 6) is 0. The molecule has 122 valence electrons. The van der Waals surface area contributed by atoms with Gasteiger partial charge in [0, 0.05) is 0 Å². The minimum atomic E-state index is 0.619. The summed E-state index contributed by atoms with van der Waals surface area (Å²) in [6.07, 6.45) is 19.9. The molecule has 2 fully saturated rings. The van der Waals surface area contributed by atoms with Gasteiger partial charge in [-0.1, -0.05) is 81.5 Å². The molecule has 4 rings (SSSR count). The SMILES string of the molecule is BrC1=C(CCC2=C(Br)CC23CCCCC3)C2(CCCCC2)C1. The van der Waals surface area contributed by atoms with Gasteiger partial charge < -0.3 is 0 Å². The molecule has 0 unspecified atom stereocenters. The van der Waals surface area contributed by atoms with E-state index >= 15 is 0 Å². The van der Waals surface area contributed by atoms with E-state index in [2.05, 4.69) is 31.9 Å². The lowest BCUT2D eigenvalue weighted by Crippen LogP contribution is -2.37. The summed E-state index contributed by atoms with van der Waals surface area (Å²) in [4.78, 5) is 0. The number of halogens is 2. The minimum absolute atomic E-state index is 0.619. The molecule has 2 spiro atoms. The first kappa shape index (κ1) is 15.9. The van der Waals surface area contributed by atoms with Crippen LogP contribution in [0.25, 0.3) is 0 Å². The van der Waals surface area contributed by atoms with Crippen LogP contribution in [0.15, 0.2) is 20.1 Å². The largest absolute Gasteiger partial charge is 0.0556 e. The van der Waals surface area contributed by atoms with Gasteiger partial charge in [0.25, 0.3) is 0 Å². The first-order valence-electron chi connectivity index (χ1n) is 9.41. The molecule has 4 aliphatic rings. The van der Waals surface area contributed by atoms with E-state index in [9.17, 15) is 0 Å². The van der Waals surface area contributed by atoms with Crippen molar-refractivity contribution in [2.24, 2.45) is 10.8 Å². The Balaban J connectivity index is 1.44. The van der Waals surface area contributed by atoms with E-state index < -0.39 is 0 Å². The van der Waals surface area contributed by atoms with Gasteiger partial charge in [-0.2, -0.15) is 0 Å². The molecule has 0 aromatic rings. The second kappa shape index (κ2) is 6.06. The van der Waals surface area contributed by atoms with E-state index in [1.54, 1.807) is 20.1 Å². The summed E-state index contributed by atoms with van der Waals surface area (Å²) in [5, 5.41) is 0. The van der Waals surface area contributed by atoms with E-state index in [-0.39, 0.29) is 0 Å². The summed E-state index contributed by atoms with van der Waals surface area (Å²) in [6, 6.07) is 0. The number of hydrogen-bond donors (Lipinski definition) is 0. The lowest BCUT2D eigenvalue weighted by molar-refractivity contribution is 0.189. The Hall–Kier alpha value is 0.440. The topological polar surface area (TPSA) is 0 Å². The monoisotopic (exact) mass is 426 g/mol. The van der Waals surface area contributed by atoms with Gasteiger partial charge >= 0.3 is 0 Å². The van der Waals surface area contributed by atoms with Crippen LogP contribution in [0.2, 0.25) is 0 Å². The lowest BCUT2D eigenvalue weighted by Gasteiger charge is -2.50. The number of hydrogen-bond acceptors (Lipinski definition) is 0. The van der Waals surface area contributed by atoms with Crippen molar-refractivity contribution >= 4 is 31.9 Å². The molecule has 0 radical (unpaired) electrons. The van der Waals surface area contributed by atoms with Gasteiger partial charge in [0.05, 0.1) is 0 Å². The van der Waals surface area contributed by atoms with Crippen LogP contribution in [-0.2, 0) is 0 Å². The Bertz CT molecular complexity index is 466. The maximum absolute atomic E-state index is 3.88. The molecule has 2 heteroatoms. The number of allylic oxidation sites excluding steroid dienone is 4. The fourth-order valence-corrected chi connectivity index (χ4v) is 8.16. The highest BCUT2D eigenvalue weighted by molar-refractivity contribution is 9.12. The Morgan fingerprint density at radius 1 is 0.591 bits per heavy atom. The second-order valence-electron chi connectivity index (χ2n) is 8.30. The first-order chi connectivity index (χ1) is 10.7. The van der Waals surface area contributed by atoms with Crippen LogP contribution in [-0.4, -0.2) is 0 Å². The summed E-state index contributed by atoms with van der Waals surface area (Å²) in [7, 11) is 0. The van der Waals surface area contributed by atoms with E-state index in [0.29, 0.717) is 10.8 Å². The Morgan fingerprint density at radius 2 is 0.955 bits per heavy atom. The zero-order valence-corrected chi connectivity index (χ0v) is 16.8. The molecule has 0 nitrogen and oxygen atoms in total. The standard InChI is InChI=1S/C20H28Br2/c21-17-13-19(9-3-1-4-10-19)15(17)7-8-16-18(22)14-20(16)11-5-2-6-12-20/h1-14H2. The van der Waals surface area contributed by atoms with Crippen LogP contribution in [0.4, 0.5) is 0 Å². The molecule has 0 saturated heterocycles. The third-order valence-corrected chi connectivity index (χ3v) is 8.69. The van der Waals surface area contributed by atoms with Crippen molar-refractivity contribution in [3.8, 4) is 0 Å². The van der Waals surface area contributed by atoms with E-state index in [4.69, 9.17) is 0 Å². The van der Waals surface area contributed by atoms with Crippen molar-refractivity contribution in [1.29, 1.82) is 0 Å². The summed E-state index contributed by atoms with van der Waals surface area (Å²) in [6.45, 7) is 0. The quantitative estimate of drug-likeness (QED) is 0.431. The third-order valence-electron chi connectivity index (χ3n) is 7.17. The molecule has 0 aromatic heterocycles. The molecular formula is C20H28Br2. The number of rotatable bonds is 3. The highest BCUT2D eigenvalue weighted by Gasteiger charge is 2.47. The van der Waals surface area contributed by atoms with Crippen molar-refractivity contribution in [2.75, 3.05) is 0 Å². The van der Waals surface area contributed by atoms with Crippen molar-refractivity contribution in [2.45, 2.75) is 89.9 Å². The molecule has 0 atom stereocenters. The molecule has 0 N–H and O–H groups in total. The minimum Gasteiger partial charge on any atom is -0.0556 e. The van der Waals surface area contributed by atoms with Crippen molar-refractivity contribution < 1.29 is 0 Å². The average Bonchev–Trinajstić information content (AvgIpc) is 2.53. The van der Waals surface area contributed by atoms with Crippen LogP contribution in [0, 0.1) is 10.8 Å².